The minimum absolute atomic E-state index is 0.0246. The Labute approximate surface area is 219 Å². The van der Waals surface area contributed by atoms with Crippen LogP contribution < -0.4 is 0 Å². The quantitative estimate of drug-likeness (QED) is 0.218. The minimum Gasteiger partial charge on any atom is -0.461 e. The monoisotopic (exact) mass is 571 g/mol. The lowest BCUT2D eigenvalue weighted by Crippen LogP contribution is -2.56. The highest BCUT2D eigenvalue weighted by Crippen LogP contribution is 2.67. The molecule has 4 aliphatic rings. The summed E-state index contributed by atoms with van der Waals surface area (Å²) in [6.45, 7) is 11.8. The number of fused-ring (bicyclic) bond motifs is 1. The normalized spacial score (nSPS) is 34.1. The van der Waals surface area contributed by atoms with Crippen molar-refractivity contribution in [3.05, 3.63) is 25.3 Å². The molecule has 4 aliphatic heterocycles. The van der Waals surface area contributed by atoms with Gasteiger partial charge in [0.25, 0.3) is 0 Å². The molecule has 1 spiro atoms. The van der Waals surface area contributed by atoms with Gasteiger partial charge in [0, 0.05) is 49.3 Å². The van der Waals surface area contributed by atoms with E-state index < -0.39 is 28.6 Å². The Bertz CT molecular complexity index is 855. The number of carbonyl (C=O) groups is 3. The summed E-state index contributed by atoms with van der Waals surface area (Å²) < 4.78 is 10.0. The number of hydrogen-bond acceptors (Lipinski definition) is 8. The number of thioether (sulfide) groups is 1. The first-order valence-electron chi connectivity index (χ1n) is 12.1. The van der Waals surface area contributed by atoms with E-state index in [0.29, 0.717) is 39.3 Å². The molecule has 2 amide bonds. The van der Waals surface area contributed by atoms with Crippen molar-refractivity contribution in [2.24, 2.45) is 11.8 Å². The second kappa shape index (κ2) is 11.3. The summed E-state index contributed by atoms with van der Waals surface area (Å²) in [5, 5.41) is 9.60. The van der Waals surface area contributed by atoms with Crippen molar-refractivity contribution in [2.75, 3.05) is 65.7 Å². The Balaban J connectivity index is 1.62. The van der Waals surface area contributed by atoms with Gasteiger partial charge in [-0.05, 0) is 6.42 Å². The van der Waals surface area contributed by atoms with Gasteiger partial charge in [0.1, 0.15) is 12.6 Å². The maximum atomic E-state index is 14.1. The first kappa shape index (κ1) is 26.7. The van der Waals surface area contributed by atoms with Crippen molar-refractivity contribution >= 4 is 45.5 Å². The van der Waals surface area contributed by atoms with E-state index in [0.717, 1.165) is 13.1 Å². The number of ether oxygens (including phenoxy) is 2. The number of hydrogen-bond donors (Lipinski definition) is 1. The fraction of sp³-hybridized carbons (Fsp3) is 0.708. The lowest BCUT2D eigenvalue weighted by atomic mass is 9.71. The van der Waals surface area contributed by atoms with Gasteiger partial charge in [-0.2, -0.15) is 0 Å². The van der Waals surface area contributed by atoms with Gasteiger partial charge >= 0.3 is 5.97 Å². The lowest BCUT2D eigenvalue weighted by Gasteiger charge is -2.38. The van der Waals surface area contributed by atoms with Gasteiger partial charge in [-0.25, -0.2) is 0 Å². The zero-order chi connectivity index (χ0) is 25.2. The summed E-state index contributed by atoms with van der Waals surface area (Å²) in [7, 11) is 0. The van der Waals surface area contributed by atoms with E-state index in [1.54, 1.807) is 22.7 Å². The van der Waals surface area contributed by atoms with Crippen LogP contribution in [0.3, 0.4) is 0 Å². The molecule has 0 aromatic carbocycles. The smallest absolute Gasteiger partial charge is 0.311 e. The van der Waals surface area contributed by atoms with Crippen LogP contribution in [0, 0.1) is 11.8 Å². The molecule has 0 aromatic heterocycles. The zero-order valence-electron chi connectivity index (χ0n) is 19.9. The number of aliphatic hydroxyl groups is 1. The molecule has 0 saturated carbocycles. The van der Waals surface area contributed by atoms with Gasteiger partial charge in [-0.15, -0.1) is 18.3 Å². The van der Waals surface area contributed by atoms with Crippen LogP contribution in [0.4, 0.5) is 0 Å². The molecule has 35 heavy (non-hydrogen) atoms. The fourth-order valence-electron chi connectivity index (χ4n) is 5.97. The number of nitrogens with zero attached hydrogens (tertiary/aromatic N) is 3. The molecule has 9 nitrogen and oxygen atoms in total. The average Bonchev–Trinajstić information content (AvgIpc) is 3.44. The van der Waals surface area contributed by atoms with Gasteiger partial charge in [-0.1, -0.05) is 34.7 Å². The number of halogens is 1. The molecule has 0 aromatic rings. The molecular formula is C24H34BrN3O6S. The molecular weight excluding hydrogens is 538 g/mol. The van der Waals surface area contributed by atoms with Gasteiger partial charge in [-0.3, -0.25) is 19.3 Å². The summed E-state index contributed by atoms with van der Waals surface area (Å²) in [4.78, 5) is 46.3. The third-order valence-corrected chi connectivity index (χ3v) is 10.7. The Kier molecular flexibility index (Phi) is 8.63. The lowest BCUT2D eigenvalue weighted by molar-refractivity contribution is -0.153. The van der Waals surface area contributed by atoms with Crippen LogP contribution in [0.25, 0.3) is 0 Å². The van der Waals surface area contributed by atoms with Gasteiger partial charge < -0.3 is 24.4 Å². The van der Waals surface area contributed by atoms with Gasteiger partial charge in [0.2, 0.25) is 11.8 Å². The molecule has 0 radical (unpaired) electrons. The second-order valence-corrected chi connectivity index (χ2v) is 12.1. The Morgan fingerprint density at radius 3 is 2.69 bits per heavy atom. The Morgan fingerprint density at radius 2 is 2.03 bits per heavy atom. The fourth-order valence-corrected chi connectivity index (χ4v) is 9.57. The highest BCUT2D eigenvalue weighted by Gasteiger charge is 2.76. The highest BCUT2D eigenvalue weighted by atomic mass is 79.9. The number of aliphatic hydroxyl groups excluding tert-OH is 1. The SMILES string of the molecule is C=CCOC(=O)[C@H]1[C@H]2C(=O)N(CCO)C(C(=O)N(CC=C)CCN3CCOCC3)C23CC(Br)[C@@H]1S3. The number of amides is 2. The number of rotatable bonds is 11. The predicted octanol–water partition coefficient (Wildman–Crippen LogP) is 0.519. The van der Waals surface area contributed by atoms with Gasteiger partial charge in [0.15, 0.2) is 0 Å². The number of esters is 1. The van der Waals surface area contributed by atoms with Crippen LogP contribution in [0.5, 0.6) is 0 Å². The molecule has 1 N–H and O–H groups in total. The van der Waals surface area contributed by atoms with Crippen molar-refractivity contribution in [1.29, 1.82) is 0 Å². The van der Waals surface area contributed by atoms with E-state index in [1.165, 1.54) is 11.0 Å². The first-order valence-corrected chi connectivity index (χ1v) is 13.9. The second-order valence-electron chi connectivity index (χ2n) is 9.36. The maximum absolute atomic E-state index is 14.1. The number of carbonyl (C=O) groups excluding carboxylic acids is 3. The van der Waals surface area contributed by atoms with Crippen LogP contribution in [0.2, 0.25) is 0 Å². The summed E-state index contributed by atoms with van der Waals surface area (Å²) >= 11 is 5.28. The Morgan fingerprint density at radius 1 is 1.29 bits per heavy atom. The number of alkyl halides is 1. The summed E-state index contributed by atoms with van der Waals surface area (Å²) in [6.07, 6.45) is 3.79. The molecule has 6 atom stereocenters. The number of morpholine rings is 1. The average molecular weight is 573 g/mol. The summed E-state index contributed by atoms with van der Waals surface area (Å²) in [5.74, 6) is -2.15. The van der Waals surface area contributed by atoms with Crippen molar-refractivity contribution < 1.29 is 29.0 Å². The van der Waals surface area contributed by atoms with Crippen LogP contribution >= 0.6 is 27.7 Å². The third kappa shape index (κ3) is 4.82. The largest absolute Gasteiger partial charge is 0.461 e. The van der Waals surface area contributed by atoms with Crippen LogP contribution in [-0.4, -0.2) is 124 Å². The Hall–Kier alpha value is -1.40. The molecule has 4 saturated heterocycles. The molecule has 0 aliphatic carbocycles. The molecule has 194 valence electrons. The van der Waals surface area contributed by atoms with E-state index in [-0.39, 0.29) is 41.6 Å². The van der Waals surface area contributed by atoms with E-state index in [9.17, 15) is 19.5 Å². The zero-order valence-corrected chi connectivity index (χ0v) is 22.3. The van der Waals surface area contributed by atoms with Crippen molar-refractivity contribution in [2.45, 2.75) is 27.3 Å². The first-order chi connectivity index (χ1) is 16.9. The third-order valence-electron chi connectivity index (χ3n) is 7.43. The topological polar surface area (TPSA) is 99.6 Å². The van der Waals surface area contributed by atoms with E-state index in [4.69, 9.17) is 9.47 Å². The summed E-state index contributed by atoms with van der Waals surface area (Å²) in [5.41, 5.74) is 0. The standard InChI is InChI=1S/C24H34BrN3O6S/c1-3-5-27(7-6-26-9-13-33-14-10-26)22(31)20-24-15-16(25)19(35-24)17(23(32)34-12-4-2)18(24)21(30)28(20)8-11-29/h3-4,16-20,29H,1-2,5-15H2/t16?,17-,18-,19-,20?,24?/m0/s1. The molecule has 11 heteroatoms. The van der Waals surface area contributed by atoms with Crippen molar-refractivity contribution in [1.82, 2.24) is 14.7 Å². The molecule has 4 heterocycles. The highest BCUT2D eigenvalue weighted by molar-refractivity contribution is 9.09. The maximum Gasteiger partial charge on any atom is 0.311 e. The van der Waals surface area contributed by atoms with E-state index in [1.807, 2.05) is 0 Å². The van der Waals surface area contributed by atoms with Crippen LogP contribution in [0.15, 0.2) is 25.3 Å². The summed E-state index contributed by atoms with van der Waals surface area (Å²) in [6, 6.07) is -0.760. The van der Waals surface area contributed by atoms with E-state index >= 15 is 0 Å². The minimum atomic E-state index is -0.760. The van der Waals surface area contributed by atoms with Crippen LogP contribution in [-0.2, 0) is 23.9 Å². The molecule has 3 unspecified atom stereocenters. The number of β-amino-alcohol motifs (C(OH)–C–C–N with tert-alkyl or cyclic N) is 1. The number of likely N-dealkylation sites (tertiary alicyclic amines) is 1. The van der Waals surface area contributed by atoms with E-state index in [2.05, 4.69) is 34.0 Å². The molecule has 4 fully saturated rings. The molecule has 4 rings (SSSR count). The van der Waals surface area contributed by atoms with Gasteiger partial charge in [0.05, 0.1) is 36.4 Å². The van der Waals surface area contributed by atoms with Crippen LogP contribution in [0.1, 0.15) is 6.42 Å². The van der Waals surface area contributed by atoms with Crippen molar-refractivity contribution in [3.8, 4) is 0 Å². The van der Waals surface area contributed by atoms with Crippen molar-refractivity contribution in [3.63, 3.8) is 0 Å². The molecule has 2 bridgehead atoms. The predicted molar refractivity (Wildman–Crippen MR) is 136 cm³/mol.